The number of aromatic nitrogens is 2. The van der Waals surface area contributed by atoms with Crippen LogP contribution in [-0.2, 0) is 11.3 Å². The zero-order valence-corrected chi connectivity index (χ0v) is 13.8. The van der Waals surface area contributed by atoms with Gasteiger partial charge in [-0.25, -0.2) is 0 Å². The average Bonchev–Trinajstić information content (AvgIpc) is 3.19. The van der Waals surface area contributed by atoms with Crippen molar-refractivity contribution >= 4 is 23.3 Å². The Morgan fingerprint density at radius 2 is 2.35 bits per heavy atom. The quantitative estimate of drug-likeness (QED) is 0.636. The maximum Gasteiger partial charge on any atom is 0.408 e. The van der Waals surface area contributed by atoms with Crippen LogP contribution >= 0.6 is 11.6 Å². The summed E-state index contributed by atoms with van der Waals surface area (Å²) in [5.41, 5.74) is 0. The van der Waals surface area contributed by atoms with Gasteiger partial charge < -0.3 is 15.4 Å². The van der Waals surface area contributed by atoms with Gasteiger partial charge in [0.25, 0.3) is 0 Å². The zero-order chi connectivity index (χ0) is 16.6. The molecule has 8 heteroatoms. The Morgan fingerprint density at radius 1 is 1.57 bits per heavy atom. The number of nitro groups is 1. The summed E-state index contributed by atoms with van der Waals surface area (Å²) in [5.74, 6) is 1.80. The third kappa shape index (κ3) is 3.49. The number of nitrogens with one attached hydrogen (secondary N) is 1. The summed E-state index contributed by atoms with van der Waals surface area (Å²) in [5, 5.41) is 17.5. The minimum Gasteiger partial charge on any atom is -0.358 e. The molecule has 23 heavy (non-hydrogen) atoms. The highest BCUT2D eigenvalue weighted by atomic mass is 35.5. The van der Waals surface area contributed by atoms with Crippen LogP contribution in [0.25, 0.3) is 0 Å². The van der Waals surface area contributed by atoms with Crippen molar-refractivity contribution in [3.05, 3.63) is 21.3 Å². The van der Waals surface area contributed by atoms with Crippen molar-refractivity contribution in [3.63, 3.8) is 0 Å². The van der Waals surface area contributed by atoms with Gasteiger partial charge in [0.2, 0.25) is 5.91 Å². The first-order valence-corrected chi connectivity index (χ1v) is 8.48. The molecule has 2 bridgehead atoms. The van der Waals surface area contributed by atoms with Crippen LogP contribution in [0, 0.1) is 27.9 Å². The van der Waals surface area contributed by atoms with Gasteiger partial charge in [0.05, 0.1) is 17.8 Å². The molecule has 3 rings (SSSR count). The molecule has 0 aromatic carbocycles. The van der Waals surface area contributed by atoms with Crippen LogP contribution in [0.2, 0.25) is 5.02 Å². The summed E-state index contributed by atoms with van der Waals surface area (Å²) < 4.78 is 1.35. The molecule has 0 radical (unpaired) electrons. The van der Waals surface area contributed by atoms with Gasteiger partial charge in [0.15, 0.2) is 5.02 Å². The van der Waals surface area contributed by atoms with E-state index in [9.17, 15) is 14.9 Å². The smallest absolute Gasteiger partial charge is 0.358 e. The summed E-state index contributed by atoms with van der Waals surface area (Å²) in [6, 6.07) is 0.188. The van der Waals surface area contributed by atoms with Crippen molar-refractivity contribution in [3.8, 4) is 0 Å². The Hall–Kier alpha value is -1.63. The predicted octanol–water partition coefficient (Wildman–Crippen LogP) is 2.78. The summed E-state index contributed by atoms with van der Waals surface area (Å²) in [6.45, 7) is 2.36. The second-order valence-corrected chi connectivity index (χ2v) is 7.17. The topological polar surface area (TPSA) is 90.1 Å². The molecule has 4 atom stereocenters. The molecule has 0 spiro atoms. The van der Waals surface area contributed by atoms with Crippen molar-refractivity contribution in [1.29, 1.82) is 0 Å². The second kappa shape index (κ2) is 6.47. The minimum atomic E-state index is -0.629. The summed E-state index contributed by atoms with van der Waals surface area (Å²) in [7, 11) is 0. The highest BCUT2D eigenvalue weighted by Crippen LogP contribution is 2.49. The molecule has 2 saturated carbocycles. The number of carbonyl (C=O) groups is 1. The Balaban J connectivity index is 1.48. The van der Waals surface area contributed by atoms with Crippen molar-refractivity contribution in [2.45, 2.75) is 51.6 Å². The SMILES string of the molecule is C[C@@H](NC(=O)CCn1cc(Cl)c([N+](=O)[O-])n1)[C@H]1C[C@@H]2CC[C@@H]1C2. The first kappa shape index (κ1) is 16.2. The van der Waals surface area contributed by atoms with E-state index >= 15 is 0 Å². The van der Waals surface area contributed by atoms with E-state index in [-0.39, 0.29) is 35.8 Å². The standard InChI is InChI=1S/C15H21ClN4O3/c1-9(12-7-10-2-3-11(12)6-10)17-14(21)4-5-19-8-13(16)15(18-19)20(22)23/h8-12H,2-7H2,1H3,(H,17,21)/t9-,10-,11-,12-/m1/s1. The maximum absolute atomic E-state index is 12.1. The number of hydrogen-bond donors (Lipinski definition) is 1. The van der Waals surface area contributed by atoms with Gasteiger partial charge in [-0.2, -0.15) is 4.68 Å². The van der Waals surface area contributed by atoms with E-state index in [4.69, 9.17) is 11.6 Å². The molecule has 1 aromatic rings. The predicted molar refractivity (Wildman–Crippen MR) is 85.1 cm³/mol. The Kier molecular flexibility index (Phi) is 4.57. The molecule has 2 aliphatic carbocycles. The molecule has 2 aliphatic rings. The fourth-order valence-electron chi connectivity index (χ4n) is 4.18. The number of halogens is 1. The molecule has 1 amide bonds. The molecule has 0 saturated heterocycles. The molecule has 2 fully saturated rings. The van der Waals surface area contributed by atoms with Crippen LogP contribution < -0.4 is 5.32 Å². The van der Waals surface area contributed by atoms with E-state index in [1.807, 2.05) is 0 Å². The fourth-order valence-corrected chi connectivity index (χ4v) is 4.40. The van der Waals surface area contributed by atoms with Crippen LogP contribution in [0.15, 0.2) is 6.20 Å². The lowest BCUT2D eigenvalue weighted by Gasteiger charge is -2.28. The first-order chi connectivity index (χ1) is 10.9. The molecule has 1 aromatic heterocycles. The van der Waals surface area contributed by atoms with Crippen LogP contribution in [0.5, 0.6) is 0 Å². The molecule has 126 valence electrons. The van der Waals surface area contributed by atoms with Gasteiger partial charge in [-0.3, -0.25) is 4.79 Å². The lowest BCUT2D eigenvalue weighted by molar-refractivity contribution is -0.389. The average molecular weight is 341 g/mol. The van der Waals surface area contributed by atoms with Gasteiger partial charge >= 0.3 is 5.82 Å². The molecular formula is C15H21ClN4O3. The molecule has 1 N–H and O–H groups in total. The molecular weight excluding hydrogens is 320 g/mol. The Labute approximate surface area is 139 Å². The van der Waals surface area contributed by atoms with E-state index in [0.29, 0.717) is 5.92 Å². The van der Waals surface area contributed by atoms with Crippen molar-refractivity contribution in [2.24, 2.45) is 17.8 Å². The number of fused-ring (bicyclic) bond motifs is 2. The number of hydrogen-bond acceptors (Lipinski definition) is 4. The van der Waals surface area contributed by atoms with Gasteiger partial charge in [-0.05, 0) is 48.9 Å². The van der Waals surface area contributed by atoms with E-state index in [2.05, 4.69) is 17.3 Å². The largest absolute Gasteiger partial charge is 0.408 e. The van der Waals surface area contributed by atoms with Crippen molar-refractivity contribution < 1.29 is 9.72 Å². The first-order valence-electron chi connectivity index (χ1n) is 8.10. The molecule has 7 nitrogen and oxygen atoms in total. The summed E-state index contributed by atoms with van der Waals surface area (Å²) in [6.07, 6.45) is 6.81. The van der Waals surface area contributed by atoms with E-state index in [0.717, 1.165) is 11.8 Å². The van der Waals surface area contributed by atoms with E-state index in [1.165, 1.54) is 36.6 Å². The molecule has 0 unspecified atom stereocenters. The Bertz CT molecular complexity index is 618. The van der Waals surface area contributed by atoms with Crippen LogP contribution in [0.1, 0.15) is 39.0 Å². The number of rotatable bonds is 6. The third-order valence-corrected chi connectivity index (χ3v) is 5.53. The fraction of sp³-hybridized carbons (Fsp3) is 0.733. The highest BCUT2D eigenvalue weighted by molar-refractivity contribution is 6.32. The number of carbonyl (C=O) groups excluding carboxylic acids is 1. The molecule has 1 heterocycles. The number of nitrogens with zero attached hydrogens (tertiary/aromatic N) is 3. The van der Waals surface area contributed by atoms with Gasteiger partial charge in [-0.15, -0.1) is 0 Å². The summed E-state index contributed by atoms with van der Waals surface area (Å²) >= 11 is 5.74. The van der Waals surface area contributed by atoms with Gasteiger partial charge in [0, 0.05) is 12.5 Å². The second-order valence-electron chi connectivity index (χ2n) is 6.77. The lowest BCUT2D eigenvalue weighted by Crippen LogP contribution is -2.40. The van der Waals surface area contributed by atoms with Gasteiger partial charge in [-0.1, -0.05) is 18.0 Å². The summed E-state index contributed by atoms with van der Waals surface area (Å²) in [4.78, 5) is 22.2. The number of amides is 1. The normalized spacial score (nSPS) is 27.1. The zero-order valence-electron chi connectivity index (χ0n) is 13.1. The monoisotopic (exact) mass is 340 g/mol. The molecule has 0 aliphatic heterocycles. The highest BCUT2D eigenvalue weighted by Gasteiger charge is 2.42. The minimum absolute atomic E-state index is 0.00856. The van der Waals surface area contributed by atoms with Crippen LogP contribution in [0.4, 0.5) is 5.82 Å². The van der Waals surface area contributed by atoms with Crippen LogP contribution in [-0.4, -0.2) is 26.7 Å². The van der Waals surface area contributed by atoms with E-state index < -0.39 is 4.92 Å². The third-order valence-electron chi connectivity index (χ3n) is 5.26. The maximum atomic E-state index is 12.1. The van der Waals surface area contributed by atoms with Crippen LogP contribution in [0.3, 0.4) is 0 Å². The van der Waals surface area contributed by atoms with Crippen molar-refractivity contribution in [1.82, 2.24) is 15.1 Å². The lowest BCUT2D eigenvalue weighted by atomic mass is 9.84. The van der Waals surface area contributed by atoms with E-state index in [1.54, 1.807) is 0 Å². The Morgan fingerprint density at radius 3 is 2.91 bits per heavy atom. The van der Waals surface area contributed by atoms with Crippen molar-refractivity contribution in [2.75, 3.05) is 0 Å². The number of aryl methyl sites for hydroxylation is 1. The van der Waals surface area contributed by atoms with Gasteiger partial charge in [0.1, 0.15) is 0 Å².